The number of rotatable bonds is 1. The maximum atomic E-state index is 9.10. The lowest BCUT2D eigenvalue weighted by molar-refractivity contribution is 1.03. The van der Waals surface area contributed by atoms with Crippen LogP contribution in [0.2, 0.25) is 5.15 Å². The van der Waals surface area contributed by atoms with Gasteiger partial charge >= 0.3 is 0 Å². The summed E-state index contributed by atoms with van der Waals surface area (Å²) in [5, 5.41) is 9.44. The number of fused-ring (bicyclic) bond motifs is 1. The maximum absolute atomic E-state index is 9.10. The van der Waals surface area contributed by atoms with E-state index in [0.717, 1.165) is 11.0 Å². The van der Waals surface area contributed by atoms with Crippen LogP contribution in [0.3, 0.4) is 0 Å². The summed E-state index contributed by atoms with van der Waals surface area (Å²) in [5.74, 6) is 0.481. The topological polar surface area (TPSA) is 67.4 Å². The van der Waals surface area contributed by atoms with Crippen LogP contribution >= 0.6 is 11.6 Å². The van der Waals surface area contributed by atoms with Gasteiger partial charge in [0.1, 0.15) is 17.5 Å². The van der Waals surface area contributed by atoms with E-state index in [2.05, 4.69) is 21.0 Å². The van der Waals surface area contributed by atoms with Crippen molar-refractivity contribution >= 4 is 22.6 Å². The van der Waals surface area contributed by atoms with Gasteiger partial charge in [-0.3, -0.25) is 4.57 Å². The number of nitrogens with zero attached hydrogens (tertiary/aromatic N) is 5. The van der Waals surface area contributed by atoms with E-state index in [4.69, 9.17) is 16.9 Å². The molecule has 0 bridgehead atoms. The molecule has 6 heteroatoms. The molecule has 0 aliphatic rings. The number of hydrogen-bond acceptors (Lipinski definition) is 4. The van der Waals surface area contributed by atoms with Crippen LogP contribution in [0, 0.1) is 11.3 Å². The fraction of sp³-hybridized carbons (Fsp3) is 0. The Morgan fingerprint density at radius 3 is 3.00 bits per heavy atom. The molecule has 3 aromatic heterocycles. The predicted molar refractivity (Wildman–Crippen MR) is 66.4 cm³/mol. The molecule has 0 aliphatic heterocycles. The third-order valence-electron chi connectivity index (χ3n) is 2.55. The molecular formula is C12H6ClN5. The highest BCUT2D eigenvalue weighted by Gasteiger charge is 2.10. The first-order valence-electron chi connectivity index (χ1n) is 5.13. The second-order valence-corrected chi connectivity index (χ2v) is 3.98. The number of halogens is 1. The number of nitriles is 1. The first-order valence-corrected chi connectivity index (χ1v) is 5.51. The molecule has 0 spiro atoms. The van der Waals surface area contributed by atoms with E-state index in [1.807, 2.05) is 6.07 Å². The SMILES string of the molecule is N#Cc1ccc(Cl)nc1-n1ccc2ncncc21. The number of aromatic nitrogens is 4. The zero-order valence-corrected chi connectivity index (χ0v) is 9.83. The third-order valence-corrected chi connectivity index (χ3v) is 2.76. The number of pyridine rings is 1. The fourth-order valence-electron chi connectivity index (χ4n) is 1.75. The Labute approximate surface area is 107 Å². The normalized spacial score (nSPS) is 10.4. The minimum absolute atomic E-state index is 0.336. The molecule has 0 amide bonds. The lowest BCUT2D eigenvalue weighted by Crippen LogP contribution is -2.00. The quantitative estimate of drug-likeness (QED) is 0.626. The Balaban J connectivity index is 2.33. The molecule has 0 saturated carbocycles. The van der Waals surface area contributed by atoms with Crippen molar-refractivity contribution in [2.24, 2.45) is 0 Å². The van der Waals surface area contributed by atoms with E-state index in [0.29, 0.717) is 16.5 Å². The van der Waals surface area contributed by atoms with Crippen molar-refractivity contribution in [2.75, 3.05) is 0 Å². The predicted octanol–water partition coefficient (Wildman–Crippen LogP) is 2.34. The molecular weight excluding hydrogens is 250 g/mol. The van der Waals surface area contributed by atoms with Gasteiger partial charge in [0.15, 0.2) is 5.82 Å². The summed E-state index contributed by atoms with van der Waals surface area (Å²) in [6.45, 7) is 0. The summed E-state index contributed by atoms with van der Waals surface area (Å²) in [5.41, 5.74) is 2.01. The first kappa shape index (κ1) is 10.7. The minimum atomic E-state index is 0.336. The van der Waals surface area contributed by atoms with Gasteiger partial charge in [0.2, 0.25) is 0 Å². The second kappa shape index (κ2) is 4.09. The van der Waals surface area contributed by atoms with Gasteiger partial charge in [-0.25, -0.2) is 15.0 Å². The van der Waals surface area contributed by atoms with E-state index in [9.17, 15) is 0 Å². The van der Waals surface area contributed by atoms with Crippen molar-refractivity contribution in [3.8, 4) is 11.9 Å². The van der Waals surface area contributed by atoms with E-state index < -0.39 is 0 Å². The van der Waals surface area contributed by atoms with Gasteiger partial charge in [0.05, 0.1) is 22.8 Å². The zero-order chi connectivity index (χ0) is 12.5. The molecule has 0 aromatic carbocycles. The van der Waals surface area contributed by atoms with Crippen LogP contribution in [-0.2, 0) is 0 Å². The smallest absolute Gasteiger partial charge is 0.156 e. The van der Waals surface area contributed by atoms with Crippen LogP contribution in [0.1, 0.15) is 5.56 Å². The highest BCUT2D eigenvalue weighted by Crippen LogP contribution is 2.20. The molecule has 0 N–H and O–H groups in total. The van der Waals surface area contributed by atoms with Crippen molar-refractivity contribution in [3.05, 3.63) is 47.6 Å². The van der Waals surface area contributed by atoms with Gasteiger partial charge in [0.25, 0.3) is 0 Å². The Bertz CT molecular complexity index is 771. The van der Waals surface area contributed by atoms with Crippen LogP contribution in [0.15, 0.2) is 36.9 Å². The second-order valence-electron chi connectivity index (χ2n) is 3.60. The zero-order valence-electron chi connectivity index (χ0n) is 9.08. The van der Waals surface area contributed by atoms with Gasteiger partial charge in [0, 0.05) is 6.20 Å². The van der Waals surface area contributed by atoms with Crippen LogP contribution in [0.25, 0.3) is 16.9 Å². The molecule has 0 radical (unpaired) electrons. The average molecular weight is 256 g/mol. The van der Waals surface area contributed by atoms with Crippen molar-refractivity contribution < 1.29 is 0 Å². The molecule has 5 nitrogen and oxygen atoms in total. The summed E-state index contributed by atoms with van der Waals surface area (Å²) < 4.78 is 1.75. The summed E-state index contributed by atoms with van der Waals surface area (Å²) in [6, 6.07) is 7.16. The standard InChI is InChI=1S/C12H6ClN5/c13-11-2-1-8(5-14)12(17-11)18-4-3-9-10(18)6-15-7-16-9/h1-4,6-7H. The van der Waals surface area contributed by atoms with Crippen LogP contribution in [-0.4, -0.2) is 19.5 Å². The maximum Gasteiger partial charge on any atom is 0.156 e. The van der Waals surface area contributed by atoms with Gasteiger partial charge in [-0.05, 0) is 18.2 Å². The summed E-state index contributed by atoms with van der Waals surface area (Å²) in [7, 11) is 0. The van der Waals surface area contributed by atoms with Crippen molar-refractivity contribution in [3.63, 3.8) is 0 Å². The van der Waals surface area contributed by atoms with Gasteiger partial charge < -0.3 is 0 Å². The molecule has 86 valence electrons. The number of hydrogen-bond donors (Lipinski definition) is 0. The van der Waals surface area contributed by atoms with Gasteiger partial charge in [-0.1, -0.05) is 11.6 Å². The first-order chi connectivity index (χ1) is 8.79. The van der Waals surface area contributed by atoms with Gasteiger partial charge in [-0.15, -0.1) is 0 Å². The molecule has 3 rings (SSSR count). The fourth-order valence-corrected chi connectivity index (χ4v) is 1.90. The van der Waals surface area contributed by atoms with Crippen LogP contribution in [0.4, 0.5) is 0 Å². The molecule has 0 fully saturated rings. The monoisotopic (exact) mass is 255 g/mol. The Kier molecular flexibility index (Phi) is 2.43. The Hall–Kier alpha value is -2.45. The molecule has 0 saturated heterocycles. The van der Waals surface area contributed by atoms with E-state index in [1.54, 1.807) is 29.1 Å². The largest absolute Gasteiger partial charge is 0.297 e. The molecule has 3 heterocycles. The third kappa shape index (κ3) is 1.60. The summed E-state index contributed by atoms with van der Waals surface area (Å²) in [6.07, 6.45) is 4.94. The Morgan fingerprint density at radius 2 is 2.17 bits per heavy atom. The lowest BCUT2D eigenvalue weighted by atomic mass is 10.3. The lowest BCUT2D eigenvalue weighted by Gasteiger charge is -2.06. The summed E-state index contributed by atoms with van der Waals surface area (Å²) in [4.78, 5) is 12.3. The van der Waals surface area contributed by atoms with E-state index >= 15 is 0 Å². The minimum Gasteiger partial charge on any atom is -0.297 e. The van der Waals surface area contributed by atoms with Gasteiger partial charge in [-0.2, -0.15) is 5.26 Å². The molecule has 18 heavy (non-hydrogen) atoms. The molecule has 0 aliphatic carbocycles. The average Bonchev–Trinajstić information content (AvgIpc) is 2.82. The van der Waals surface area contributed by atoms with Crippen molar-refractivity contribution in [2.45, 2.75) is 0 Å². The Morgan fingerprint density at radius 1 is 1.28 bits per heavy atom. The molecule has 3 aromatic rings. The van der Waals surface area contributed by atoms with E-state index in [-0.39, 0.29) is 0 Å². The highest BCUT2D eigenvalue weighted by molar-refractivity contribution is 6.29. The molecule has 0 atom stereocenters. The highest BCUT2D eigenvalue weighted by atomic mass is 35.5. The van der Waals surface area contributed by atoms with Crippen LogP contribution < -0.4 is 0 Å². The van der Waals surface area contributed by atoms with E-state index in [1.165, 1.54) is 6.33 Å². The van der Waals surface area contributed by atoms with Crippen molar-refractivity contribution in [1.29, 1.82) is 5.26 Å². The van der Waals surface area contributed by atoms with Crippen LogP contribution in [0.5, 0.6) is 0 Å². The van der Waals surface area contributed by atoms with Crippen molar-refractivity contribution in [1.82, 2.24) is 19.5 Å². The summed E-state index contributed by atoms with van der Waals surface area (Å²) >= 11 is 5.88. The molecule has 0 unspecified atom stereocenters.